The number of hydrogen-bond acceptors (Lipinski definition) is 4. The monoisotopic (exact) mass is 273 g/mol. The maximum absolute atomic E-state index is 11.8. The Hall–Kier alpha value is -2.83. The summed E-state index contributed by atoms with van der Waals surface area (Å²) in [5.74, 6) is -0.797. The molecule has 0 atom stereocenters. The Morgan fingerprint density at radius 2 is 1.90 bits per heavy atom. The molecular formula is C13H11N3O4. The van der Waals surface area contributed by atoms with Crippen molar-refractivity contribution in [2.45, 2.75) is 0 Å². The molecule has 102 valence electrons. The summed E-state index contributed by atoms with van der Waals surface area (Å²) < 4.78 is 8.08. The topological polar surface area (TPSA) is 90.3 Å². The van der Waals surface area contributed by atoms with Gasteiger partial charge in [0.05, 0.1) is 11.0 Å². The first kappa shape index (κ1) is 12.2. The van der Waals surface area contributed by atoms with Crippen molar-refractivity contribution < 1.29 is 14.4 Å². The highest BCUT2D eigenvalue weighted by Gasteiger charge is 2.14. The fourth-order valence-corrected chi connectivity index (χ4v) is 2.17. The molecule has 0 spiro atoms. The van der Waals surface area contributed by atoms with Crippen LogP contribution in [-0.4, -0.2) is 25.4 Å². The second-order valence-corrected chi connectivity index (χ2v) is 4.49. The first-order chi connectivity index (χ1) is 9.49. The lowest BCUT2D eigenvalue weighted by Crippen LogP contribution is -2.19. The molecular weight excluding hydrogens is 262 g/mol. The van der Waals surface area contributed by atoms with Crippen molar-refractivity contribution in [1.29, 1.82) is 0 Å². The number of nitrogens with zero attached hydrogens (tertiary/aromatic N) is 3. The second-order valence-electron chi connectivity index (χ2n) is 4.49. The highest BCUT2D eigenvalue weighted by molar-refractivity contribution is 5.87. The van der Waals surface area contributed by atoms with Crippen LogP contribution >= 0.6 is 0 Å². The molecule has 1 aromatic carbocycles. The van der Waals surface area contributed by atoms with E-state index in [1.807, 2.05) is 0 Å². The van der Waals surface area contributed by atoms with Gasteiger partial charge in [0.25, 0.3) is 0 Å². The van der Waals surface area contributed by atoms with Crippen LogP contribution in [0.1, 0.15) is 10.5 Å². The maximum Gasteiger partial charge on any atom is 0.358 e. The van der Waals surface area contributed by atoms with E-state index < -0.39 is 5.97 Å². The molecule has 0 bridgehead atoms. The summed E-state index contributed by atoms with van der Waals surface area (Å²) in [6.07, 6.45) is 0. The van der Waals surface area contributed by atoms with E-state index in [0.29, 0.717) is 11.3 Å². The predicted molar refractivity (Wildman–Crippen MR) is 70.6 cm³/mol. The second kappa shape index (κ2) is 4.09. The fraction of sp³-hybridized carbons (Fsp3) is 0.154. The van der Waals surface area contributed by atoms with Gasteiger partial charge in [-0.1, -0.05) is 5.16 Å². The van der Waals surface area contributed by atoms with Gasteiger partial charge in [-0.25, -0.2) is 9.59 Å². The zero-order valence-electron chi connectivity index (χ0n) is 10.8. The van der Waals surface area contributed by atoms with Crippen LogP contribution in [0, 0.1) is 0 Å². The molecule has 7 nitrogen and oxygen atoms in total. The van der Waals surface area contributed by atoms with Crippen LogP contribution in [-0.2, 0) is 14.1 Å². The zero-order chi connectivity index (χ0) is 14.4. The molecule has 3 rings (SSSR count). The van der Waals surface area contributed by atoms with E-state index in [1.165, 1.54) is 10.6 Å². The van der Waals surface area contributed by atoms with Crippen LogP contribution in [0.5, 0.6) is 0 Å². The third-order valence-corrected chi connectivity index (χ3v) is 3.29. The molecule has 0 fully saturated rings. The number of carbonyl (C=O) groups is 1. The number of rotatable bonds is 2. The molecule has 0 aliphatic carbocycles. The summed E-state index contributed by atoms with van der Waals surface area (Å²) in [7, 11) is 3.37. The first-order valence-electron chi connectivity index (χ1n) is 5.85. The molecule has 0 amide bonds. The van der Waals surface area contributed by atoms with Gasteiger partial charge in [-0.2, -0.15) is 0 Å². The SMILES string of the molecule is Cn1c(=O)n(C)c2cc(-c3cc(C(=O)O)no3)ccc21. The number of imidazole rings is 1. The number of aromatic nitrogens is 3. The van der Waals surface area contributed by atoms with E-state index in [-0.39, 0.29) is 11.4 Å². The quantitative estimate of drug-likeness (QED) is 0.758. The summed E-state index contributed by atoms with van der Waals surface area (Å²) in [5.41, 5.74) is 1.92. The predicted octanol–water partition coefficient (Wildman–Crippen LogP) is 1.23. The molecule has 0 aliphatic rings. The minimum absolute atomic E-state index is 0.124. The smallest absolute Gasteiger partial charge is 0.358 e. The summed E-state index contributed by atoms with van der Waals surface area (Å²) in [5, 5.41) is 12.3. The van der Waals surface area contributed by atoms with Gasteiger partial charge in [0.15, 0.2) is 11.5 Å². The molecule has 0 aliphatic heterocycles. The van der Waals surface area contributed by atoms with Crippen molar-refractivity contribution >= 4 is 17.0 Å². The molecule has 0 saturated heterocycles. The molecule has 7 heteroatoms. The highest BCUT2D eigenvalue weighted by Crippen LogP contribution is 2.24. The van der Waals surface area contributed by atoms with Crippen LogP contribution < -0.4 is 5.69 Å². The van der Waals surface area contributed by atoms with Gasteiger partial charge < -0.3 is 9.63 Å². The van der Waals surface area contributed by atoms with Gasteiger partial charge in [-0.05, 0) is 18.2 Å². The van der Waals surface area contributed by atoms with Crippen molar-refractivity contribution in [3.05, 3.63) is 40.4 Å². The van der Waals surface area contributed by atoms with Crippen LogP contribution in [0.3, 0.4) is 0 Å². The van der Waals surface area contributed by atoms with Crippen molar-refractivity contribution in [2.75, 3.05) is 0 Å². The summed E-state index contributed by atoms with van der Waals surface area (Å²) >= 11 is 0. The molecule has 2 heterocycles. The van der Waals surface area contributed by atoms with E-state index >= 15 is 0 Å². The Kier molecular flexibility index (Phi) is 2.50. The molecule has 2 aromatic heterocycles. The summed E-state index contributed by atoms with van der Waals surface area (Å²) in [6.45, 7) is 0. The first-order valence-corrected chi connectivity index (χ1v) is 5.85. The van der Waals surface area contributed by atoms with E-state index in [9.17, 15) is 9.59 Å². The number of aryl methyl sites for hydroxylation is 2. The molecule has 0 saturated carbocycles. The Morgan fingerprint density at radius 3 is 2.55 bits per heavy atom. The van der Waals surface area contributed by atoms with Crippen molar-refractivity contribution in [1.82, 2.24) is 14.3 Å². The minimum Gasteiger partial charge on any atom is -0.476 e. The number of aromatic carboxylic acids is 1. The molecule has 3 aromatic rings. The molecule has 0 radical (unpaired) electrons. The molecule has 1 N–H and O–H groups in total. The van der Waals surface area contributed by atoms with Crippen LogP contribution in [0.4, 0.5) is 0 Å². The van der Waals surface area contributed by atoms with E-state index in [0.717, 1.165) is 11.0 Å². The average molecular weight is 273 g/mol. The highest BCUT2D eigenvalue weighted by atomic mass is 16.5. The minimum atomic E-state index is -1.15. The number of fused-ring (bicyclic) bond motifs is 1. The summed E-state index contributed by atoms with van der Waals surface area (Å²) in [6, 6.07) is 6.66. The lowest BCUT2D eigenvalue weighted by atomic mass is 10.1. The average Bonchev–Trinajstić information content (AvgIpc) is 3.00. The number of carboxylic acids is 1. The van der Waals surface area contributed by atoms with Crippen LogP contribution in [0.15, 0.2) is 33.6 Å². The molecule has 20 heavy (non-hydrogen) atoms. The lowest BCUT2D eigenvalue weighted by molar-refractivity contribution is 0.0686. The zero-order valence-corrected chi connectivity index (χ0v) is 10.8. The number of hydrogen-bond donors (Lipinski definition) is 1. The van der Waals surface area contributed by atoms with Crippen LogP contribution in [0.25, 0.3) is 22.4 Å². The lowest BCUT2D eigenvalue weighted by Gasteiger charge is -1.98. The van der Waals surface area contributed by atoms with Crippen molar-refractivity contribution in [3.8, 4) is 11.3 Å². The maximum atomic E-state index is 11.8. The van der Waals surface area contributed by atoms with Gasteiger partial charge in [-0.15, -0.1) is 0 Å². The van der Waals surface area contributed by atoms with E-state index in [4.69, 9.17) is 9.63 Å². The summed E-state index contributed by atoms with van der Waals surface area (Å²) in [4.78, 5) is 22.6. The Morgan fingerprint density at radius 1 is 1.20 bits per heavy atom. The van der Waals surface area contributed by atoms with Crippen molar-refractivity contribution in [2.24, 2.45) is 14.1 Å². The number of benzene rings is 1. The fourth-order valence-electron chi connectivity index (χ4n) is 2.17. The Balaban J connectivity index is 2.19. The number of carboxylic acid groups (broad SMARTS) is 1. The third-order valence-electron chi connectivity index (χ3n) is 3.29. The van der Waals surface area contributed by atoms with Gasteiger partial charge >= 0.3 is 11.7 Å². The third kappa shape index (κ3) is 1.63. The van der Waals surface area contributed by atoms with Gasteiger partial charge in [-0.3, -0.25) is 9.13 Å². The van der Waals surface area contributed by atoms with Gasteiger partial charge in [0, 0.05) is 25.7 Å². The van der Waals surface area contributed by atoms with Crippen molar-refractivity contribution in [3.63, 3.8) is 0 Å². The largest absolute Gasteiger partial charge is 0.476 e. The normalized spacial score (nSPS) is 11.1. The van der Waals surface area contributed by atoms with E-state index in [2.05, 4.69) is 5.16 Å². The van der Waals surface area contributed by atoms with Crippen LogP contribution in [0.2, 0.25) is 0 Å². The Bertz CT molecular complexity index is 885. The van der Waals surface area contributed by atoms with E-state index in [1.54, 1.807) is 36.9 Å². The standard InChI is InChI=1S/C13H11N3O4/c1-15-9-4-3-7(5-10(9)16(2)13(15)19)11-6-8(12(17)18)14-20-11/h3-6H,1-2H3,(H,17,18). The molecule has 0 unspecified atom stereocenters. The van der Waals surface area contributed by atoms with Gasteiger partial charge in [0.2, 0.25) is 0 Å². The Labute approximate surface area is 112 Å². The van der Waals surface area contributed by atoms with Gasteiger partial charge in [0.1, 0.15) is 0 Å².